The van der Waals surface area contributed by atoms with Crippen molar-refractivity contribution in [3.05, 3.63) is 122 Å². The van der Waals surface area contributed by atoms with Crippen molar-refractivity contribution < 1.29 is 27.3 Å². The van der Waals surface area contributed by atoms with Crippen LogP contribution in [-0.2, 0) is 32.7 Å². The van der Waals surface area contributed by atoms with Gasteiger partial charge >= 0.3 is 11.8 Å². The first-order chi connectivity index (χ1) is 20.4. The quantitative estimate of drug-likeness (QED) is 0.103. The number of nitro benzene ring substituents is 1. The summed E-state index contributed by atoms with van der Waals surface area (Å²) in [4.78, 5) is 34.4. The average molecular weight is 644 g/mol. The van der Waals surface area contributed by atoms with Gasteiger partial charge in [0, 0.05) is 34.4 Å². The van der Waals surface area contributed by atoms with E-state index < -0.39 is 26.8 Å². The molecule has 0 spiro atoms. The van der Waals surface area contributed by atoms with E-state index >= 15 is 0 Å². The highest BCUT2D eigenvalue weighted by Crippen LogP contribution is 2.27. The summed E-state index contributed by atoms with van der Waals surface area (Å²) in [5.74, 6) is -1.71. The highest BCUT2D eigenvalue weighted by atomic mass is 35.5. The number of hydrogen-bond donors (Lipinski definition) is 2. The first kappa shape index (κ1) is 31.4. The third-order valence-electron chi connectivity index (χ3n) is 5.94. The lowest BCUT2D eigenvalue weighted by atomic mass is 10.2. The number of non-ortho nitro benzene ring substituents is 1. The van der Waals surface area contributed by atoms with Gasteiger partial charge in [-0.25, -0.2) is 13.8 Å². The molecule has 0 unspecified atom stereocenters. The molecule has 2 amide bonds. The summed E-state index contributed by atoms with van der Waals surface area (Å²) in [5.41, 5.74) is 3.48. The Hall–Kier alpha value is -4.56. The van der Waals surface area contributed by atoms with Crippen molar-refractivity contribution in [3.8, 4) is 0 Å². The van der Waals surface area contributed by atoms with Crippen LogP contribution in [0.1, 0.15) is 22.6 Å². The van der Waals surface area contributed by atoms with E-state index in [0.717, 1.165) is 11.8 Å². The maximum Gasteiger partial charge on any atom is 0.329 e. The Morgan fingerprint density at radius 1 is 0.977 bits per heavy atom. The van der Waals surface area contributed by atoms with Crippen molar-refractivity contribution in [2.45, 2.75) is 24.9 Å². The van der Waals surface area contributed by atoms with Crippen LogP contribution < -0.4 is 10.7 Å². The lowest BCUT2D eigenvalue weighted by molar-refractivity contribution is -0.384. The number of amides is 2. The second-order valence-electron chi connectivity index (χ2n) is 9.08. The highest BCUT2D eigenvalue weighted by Gasteiger charge is 2.27. The van der Waals surface area contributed by atoms with Gasteiger partial charge in [-0.05, 0) is 61.0 Å². The zero-order valence-electron chi connectivity index (χ0n) is 22.4. The van der Waals surface area contributed by atoms with Gasteiger partial charge < -0.3 is 9.73 Å². The number of sulfonamides is 1. The highest BCUT2D eigenvalue weighted by molar-refractivity contribution is 7.89. The summed E-state index contributed by atoms with van der Waals surface area (Å²) in [6.07, 6.45) is 1.13. The van der Waals surface area contributed by atoms with Crippen LogP contribution in [-0.4, -0.2) is 35.7 Å². The maximum absolute atomic E-state index is 13.6. The first-order valence-electron chi connectivity index (χ1n) is 12.4. The summed E-state index contributed by atoms with van der Waals surface area (Å²) >= 11 is 12.3. The molecule has 0 atom stereocenters. The van der Waals surface area contributed by atoms with Crippen molar-refractivity contribution in [1.82, 2.24) is 9.73 Å². The van der Waals surface area contributed by atoms with Crippen LogP contribution in [0.15, 0.2) is 93.3 Å². The Morgan fingerprint density at radius 2 is 1.67 bits per heavy atom. The van der Waals surface area contributed by atoms with Crippen LogP contribution in [0, 0.1) is 17.0 Å². The number of hydrazone groups is 1. The van der Waals surface area contributed by atoms with Gasteiger partial charge in [0.05, 0.1) is 22.6 Å². The zero-order chi connectivity index (χ0) is 31.1. The van der Waals surface area contributed by atoms with Crippen molar-refractivity contribution in [2.75, 3.05) is 5.32 Å². The Morgan fingerprint density at radius 3 is 2.33 bits per heavy atom. The minimum Gasteiger partial charge on any atom is -0.459 e. The monoisotopic (exact) mass is 643 g/mol. The average Bonchev–Trinajstić information content (AvgIpc) is 3.41. The van der Waals surface area contributed by atoms with Gasteiger partial charge in [0.15, 0.2) is 0 Å². The Kier molecular flexibility index (Phi) is 9.93. The smallest absolute Gasteiger partial charge is 0.329 e. The SMILES string of the molecule is Cc1ccc(S(=O)(=O)N(Cc2ccc(/C=N/NC(=O)C(=O)Nc3ccc([N+](=O)[O-])cc3)o2)Cc2ccc(Cl)cc2Cl)cc1. The largest absolute Gasteiger partial charge is 0.459 e. The molecular formula is C28H23Cl2N5O7S. The van der Waals surface area contributed by atoms with E-state index in [-0.39, 0.29) is 40.9 Å². The molecule has 15 heteroatoms. The number of benzene rings is 3. The molecule has 222 valence electrons. The van der Waals surface area contributed by atoms with E-state index in [2.05, 4.69) is 10.4 Å². The summed E-state index contributed by atoms with van der Waals surface area (Å²) in [6, 6.07) is 19.2. The van der Waals surface area contributed by atoms with Gasteiger partial charge in [0.2, 0.25) is 10.0 Å². The molecule has 0 aliphatic heterocycles. The van der Waals surface area contributed by atoms with Crippen LogP contribution in [0.25, 0.3) is 0 Å². The minimum atomic E-state index is -3.99. The van der Waals surface area contributed by atoms with Crippen LogP contribution in [0.3, 0.4) is 0 Å². The normalized spacial score (nSPS) is 11.5. The molecule has 0 aliphatic carbocycles. The van der Waals surface area contributed by atoms with Gasteiger partial charge in [-0.1, -0.05) is 47.0 Å². The van der Waals surface area contributed by atoms with Gasteiger partial charge in [-0.3, -0.25) is 19.7 Å². The molecule has 1 aromatic heterocycles. The van der Waals surface area contributed by atoms with Gasteiger partial charge in [-0.15, -0.1) is 0 Å². The van der Waals surface area contributed by atoms with E-state index in [4.69, 9.17) is 27.6 Å². The fraction of sp³-hybridized carbons (Fsp3) is 0.107. The Balaban J connectivity index is 1.44. The standard InChI is InChI=1S/C28H23Cl2N5O7S/c1-18-2-12-25(13-3-18)43(40,41)34(16-19-4-5-20(29)14-26(19)30)17-24-11-10-23(42-24)15-31-33-28(37)27(36)32-21-6-8-22(9-7-21)35(38)39/h2-15H,16-17H2,1H3,(H,32,36)(H,33,37)/b31-15+. The number of anilines is 1. The third kappa shape index (κ3) is 8.26. The lowest BCUT2D eigenvalue weighted by Crippen LogP contribution is -2.32. The molecule has 0 saturated heterocycles. The van der Waals surface area contributed by atoms with Crippen molar-refractivity contribution in [3.63, 3.8) is 0 Å². The van der Waals surface area contributed by atoms with Crippen LogP contribution in [0.4, 0.5) is 11.4 Å². The number of rotatable bonds is 10. The van der Waals surface area contributed by atoms with Gasteiger partial charge in [0.1, 0.15) is 11.5 Å². The number of carbonyl (C=O) groups excluding carboxylic acids is 2. The molecule has 2 N–H and O–H groups in total. The lowest BCUT2D eigenvalue weighted by Gasteiger charge is -2.22. The minimum absolute atomic E-state index is 0.0732. The molecule has 4 aromatic rings. The Labute approximate surface area is 256 Å². The molecular weight excluding hydrogens is 621 g/mol. The number of carbonyl (C=O) groups is 2. The van der Waals surface area contributed by atoms with Gasteiger partial charge in [0.25, 0.3) is 5.69 Å². The zero-order valence-corrected chi connectivity index (χ0v) is 24.7. The number of nitrogens with one attached hydrogen (secondary N) is 2. The van der Waals surface area contributed by atoms with E-state index in [0.29, 0.717) is 15.6 Å². The van der Waals surface area contributed by atoms with Crippen LogP contribution in [0.2, 0.25) is 10.0 Å². The fourth-order valence-corrected chi connectivity index (χ4v) is 5.56. The first-order valence-corrected chi connectivity index (χ1v) is 14.6. The predicted octanol–water partition coefficient (Wildman–Crippen LogP) is 5.28. The summed E-state index contributed by atoms with van der Waals surface area (Å²) in [6.45, 7) is 1.62. The third-order valence-corrected chi connectivity index (χ3v) is 8.33. The molecule has 0 bridgehead atoms. The summed E-state index contributed by atoms with van der Waals surface area (Å²) in [7, 11) is -3.99. The molecule has 43 heavy (non-hydrogen) atoms. The number of furan rings is 1. The number of halogens is 2. The van der Waals surface area contributed by atoms with Crippen molar-refractivity contribution >= 4 is 62.6 Å². The topological polar surface area (TPSA) is 164 Å². The second kappa shape index (κ2) is 13.6. The molecule has 0 aliphatic rings. The molecule has 3 aromatic carbocycles. The van der Waals surface area contributed by atoms with E-state index in [9.17, 15) is 28.1 Å². The Bertz CT molecular complexity index is 1790. The number of aryl methyl sites for hydroxylation is 1. The number of nitro groups is 1. The van der Waals surface area contributed by atoms with Crippen molar-refractivity contribution in [1.29, 1.82) is 0 Å². The summed E-state index contributed by atoms with van der Waals surface area (Å²) < 4.78 is 34.1. The van der Waals surface area contributed by atoms with Crippen molar-refractivity contribution in [2.24, 2.45) is 5.10 Å². The van der Waals surface area contributed by atoms with E-state index in [1.165, 1.54) is 52.8 Å². The van der Waals surface area contributed by atoms with Gasteiger partial charge in [-0.2, -0.15) is 9.41 Å². The number of nitrogens with zero attached hydrogens (tertiary/aromatic N) is 3. The molecule has 4 rings (SSSR count). The molecule has 0 fully saturated rings. The molecule has 0 radical (unpaired) electrons. The molecule has 1 heterocycles. The number of hydrogen-bond acceptors (Lipinski definition) is 8. The summed E-state index contributed by atoms with van der Waals surface area (Å²) in [5, 5.41) is 17.4. The van der Waals surface area contributed by atoms with E-state index in [1.54, 1.807) is 30.3 Å². The predicted molar refractivity (Wildman–Crippen MR) is 160 cm³/mol. The molecule has 0 saturated carbocycles. The van der Waals surface area contributed by atoms with E-state index in [1.807, 2.05) is 12.3 Å². The fourth-order valence-electron chi connectivity index (χ4n) is 3.71. The second-order valence-corrected chi connectivity index (χ2v) is 11.9. The molecule has 12 nitrogen and oxygen atoms in total. The van der Waals surface area contributed by atoms with Crippen LogP contribution in [0.5, 0.6) is 0 Å². The van der Waals surface area contributed by atoms with Crippen LogP contribution >= 0.6 is 23.2 Å². The maximum atomic E-state index is 13.6.